The molecule has 7 heteroatoms. The Labute approximate surface area is 126 Å². The van der Waals surface area contributed by atoms with E-state index in [0.29, 0.717) is 12.2 Å². The van der Waals surface area contributed by atoms with Crippen LogP contribution in [0, 0.1) is 6.92 Å². The van der Waals surface area contributed by atoms with Crippen molar-refractivity contribution in [3.8, 4) is 0 Å². The summed E-state index contributed by atoms with van der Waals surface area (Å²) in [4.78, 5) is 17.2. The van der Waals surface area contributed by atoms with Crippen LogP contribution in [0.2, 0.25) is 0 Å². The summed E-state index contributed by atoms with van der Waals surface area (Å²) in [5, 5.41) is 14.7. The number of amides is 1. The molecular weight excluding hydrogens is 294 g/mol. The summed E-state index contributed by atoms with van der Waals surface area (Å²) < 4.78 is 1.94. The van der Waals surface area contributed by atoms with Gasteiger partial charge in [-0.1, -0.05) is 0 Å². The SMILES string of the molecule is CSCC(C)(O)CNC(=O)Cc1csc2nc(C)cn12. The Morgan fingerprint density at radius 1 is 1.65 bits per heavy atom. The van der Waals surface area contributed by atoms with E-state index in [1.807, 2.05) is 29.2 Å². The van der Waals surface area contributed by atoms with Crippen molar-refractivity contribution < 1.29 is 9.90 Å². The zero-order chi connectivity index (χ0) is 14.8. The van der Waals surface area contributed by atoms with Crippen LogP contribution in [0.3, 0.4) is 0 Å². The maximum atomic E-state index is 12.0. The summed E-state index contributed by atoms with van der Waals surface area (Å²) >= 11 is 3.09. The van der Waals surface area contributed by atoms with Gasteiger partial charge in [0.05, 0.1) is 17.7 Å². The van der Waals surface area contributed by atoms with Crippen LogP contribution < -0.4 is 5.32 Å². The van der Waals surface area contributed by atoms with Gasteiger partial charge in [-0.2, -0.15) is 11.8 Å². The topological polar surface area (TPSA) is 66.6 Å². The van der Waals surface area contributed by atoms with E-state index in [1.54, 1.807) is 18.7 Å². The van der Waals surface area contributed by atoms with Crippen LogP contribution in [0.25, 0.3) is 4.96 Å². The standard InChI is InChI=1S/C13H19N3O2S2/c1-9-5-16-10(6-20-12(16)15-9)4-11(17)14-7-13(2,18)8-19-3/h5-6,18H,4,7-8H2,1-3H3,(H,14,17). The molecule has 0 aromatic carbocycles. The van der Waals surface area contributed by atoms with E-state index in [0.717, 1.165) is 16.3 Å². The van der Waals surface area contributed by atoms with Gasteiger partial charge in [0, 0.05) is 29.6 Å². The average Bonchev–Trinajstić information content (AvgIpc) is 2.88. The first-order valence-corrected chi connectivity index (χ1v) is 8.59. The molecule has 0 spiro atoms. The second-order valence-corrected chi connectivity index (χ2v) is 6.85. The van der Waals surface area contributed by atoms with Gasteiger partial charge in [0.25, 0.3) is 0 Å². The molecule has 0 aliphatic carbocycles. The Hall–Kier alpha value is -1.05. The molecule has 5 nitrogen and oxygen atoms in total. The number of nitrogens with one attached hydrogen (secondary N) is 1. The summed E-state index contributed by atoms with van der Waals surface area (Å²) in [7, 11) is 0. The molecule has 110 valence electrons. The maximum Gasteiger partial charge on any atom is 0.226 e. The second-order valence-electron chi connectivity index (χ2n) is 5.15. The van der Waals surface area contributed by atoms with Crippen LogP contribution in [-0.2, 0) is 11.2 Å². The first-order valence-electron chi connectivity index (χ1n) is 6.31. The third kappa shape index (κ3) is 3.74. The average molecular weight is 313 g/mol. The summed E-state index contributed by atoms with van der Waals surface area (Å²) in [6.07, 6.45) is 4.16. The minimum absolute atomic E-state index is 0.0857. The zero-order valence-corrected chi connectivity index (χ0v) is 13.5. The minimum atomic E-state index is -0.870. The van der Waals surface area contributed by atoms with Crippen molar-refractivity contribution in [2.75, 3.05) is 18.6 Å². The van der Waals surface area contributed by atoms with Gasteiger partial charge in [0.2, 0.25) is 5.91 Å². The second kappa shape index (κ2) is 6.15. The van der Waals surface area contributed by atoms with E-state index in [-0.39, 0.29) is 12.5 Å². The molecule has 0 saturated heterocycles. The lowest BCUT2D eigenvalue weighted by atomic mass is 10.1. The predicted octanol–water partition coefficient (Wildman–Crippen LogP) is 1.48. The van der Waals surface area contributed by atoms with Crippen molar-refractivity contribution in [3.63, 3.8) is 0 Å². The lowest BCUT2D eigenvalue weighted by Crippen LogP contribution is -2.43. The summed E-state index contributed by atoms with van der Waals surface area (Å²) in [6.45, 7) is 3.93. The van der Waals surface area contributed by atoms with Crippen molar-refractivity contribution in [3.05, 3.63) is 23.0 Å². The van der Waals surface area contributed by atoms with Crippen molar-refractivity contribution >= 4 is 34.0 Å². The summed E-state index contributed by atoms with van der Waals surface area (Å²) in [5.74, 6) is 0.508. The van der Waals surface area contributed by atoms with Gasteiger partial charge >= 0.3 is 0 Å². The van der Waals surface area contributed by atoms with E-state index in [2.05, 4.69) is 10.3 Å². The van der Waals surface area contributed by atoms with E-state index in [4.69, 9.17) is 0 Å². The number of imidazole rings is 1. The number of rotatable bonds is 6. The predicted molar refractivity (Wildman–Crippen MR) is 83.5 cm³/mol. The fourth-order valence-corrected chi connectivity index (χ4v) is 3.59. The first-order chi connectivity index (χ1) is 9.41. The van der Waals surface area contributed by atoms with Gasteiger partial charge < -0.3 is 10.4 Å². The molecule has 20 heavy (non-hydrogen) atoms. The molecule has 0 bridgehead atoms. The highest BCUT2D eigenvalue weighted by atomic mass is 32.2. The zero-order valence-electron chi connectivity index (χ0n) is 11.8. The first kappa shape index (κ1) is 15.3. The number of aliphatic hydroxyl groups is 1. The Balaban J connectivity index is 1.94. The molecule has 0 radical (unpaired) electrons. The highest BCUT2D eigenvalue weighted by Crippen LogP contribution is 2.17. The molecule has 1 atom stereocenters. The van der Waals surface area contributed by atoms with Crippen LogP contribution in [-0.4, -0.2) is 44.6 Å². The summed E-state index contributed by atoms with van der Waals surface area (Å²) in [5.41, 5.74) is 0.999. The Kier molecular flexibility index (Phi) is 4.72. The number of thioether (sulfide) groups is 1. The number of hydrogen-bond acceptors (Lipinski definition) is 5. The third-order valence-electron chi connectivity index (χ3n) is 2.87. The highest BCUT2D eigenvalue weighted by molar-refractivity contribution is 7.98. The van der Waals surface area contributed by atoms with Gasteiger partial charge in [0.15, 0.2) is 4.96 Å². The van der Waals surface area contributed by atoms with Crippen molar-refractivity contribution in [1.82, 2.24) is 14.7 Å². The van der Waals surface area contributed by atoms with E-state index < -0.39 is 5.60 Å². The molecule has 0 aliphatic heterocycles. The highest BCUT2D eigenvalue weighted by Gasteiger charge is 2.20. The number of thiazole rings is 1. The van der Waals surface area contributed by atoms with Gasteiger partial charge in [0.1, 0.15) is 0 Å². The molecule has 0 aliphatic rings. The van der Waals surface area contributed by atoms with Crippen molar-refractivity contribution in [2.45, 2.75) is 25.9 Å². The van der Waals surface area contributed by atoms with E-state index in [9.17, 15) is 9.90 Å². The smallest absolute Gasteiger partial charge is 0.226 e. The molecule has 2 aromatic rings. The van der Waals surface area contributed by atoms with Gasteiger partial charge in [-0.25, -0.2) is 4.98 Å². The Morgan fingerprint density at radius 2 is 2.40 bits per heavy atom. The normalized spacial score (nSPS) is 14.4. The largest absolute Gasteiger partial charge is 0.387 e. The molecule has 2 N–H and O–H groups in total. The molecule has 1 unspecified atom stereocenters. The van der Waals surface area contributed by atoms with Crippen LogP contribution >= 0.6 is 23.1 Å². The molecule has 2 aromatic heterocycles. The fourth-order valence-electron chi connectivity index (χ4n) is 1.95. The number of hydrogen-bond donors (Lipinski definition) is 2. The van der Waals surface area contributed by atoms with Gasteiger partial charge in [-0.3, -0.25) is 9.20 Å². The van der Waals surface area contributed by atoms with Gasteiger partial charge in [-0.15, -0.1) is 11.3 Å². The number of aryl methyl sites for hydroxylation is 1. The van der Waals surface area contributed by atoms with Crippen LogP contribution in [0.4, 0.5) is 0 Å². The lowest BCUT2D eigenvalue weighted by Gasteiger charge is -2.22. The van der Waals surface area contributed by atoms with Gasteiger partial charge in [-0.05, 0) is 20.1 Å². The molecule has 2 rings (SSSR count). The number of carbonyl (C=O) groups is 1. The number of aromatic nitrogens is 2. The number of fused-ring (bicyclic) bond motifs is 1. The molecule has 0 saturated carbocycles. The van der Waals surface area contributed by atoms with Crippen molar-refractivity contribution in [2.24, 2.45) is 0 Å². The van der Waals surface area contributed by atoms with Crippen LogP contribution in [0.15, 0.2) is 11.6 Å². The molecule has 2 heterocycles. The minimum Gasteiger partial charge on any atom is -0.387 e. The molecule has 1 amide bonds. The molecule has 0 fully saturated rings. The Morgan fingerprint density at radius 3 is 3.10 bits per heavy atom. The summed E-state index contributed by atoms with van der Waals surface area (Å²) in [6, 6.07) is 0. The molecular formula is C13H19N3O2S2. The quantitative estimate of drug-likeness (QED) is 0.848. The van der Waals surface area contributed by atoms with E-state index in [1.165, 1.54) is 11.3 Å². The van der Waals surface area contributed by atoms with Crippen LogP contribution in [0.5, 0.6) is 0 Å². The number of nitrogens with zero attached hydrogens (tertiary/aromatic N) is 2. The van der Waals surface area contributed by atoms with Crippen molar-refractivity contribution in [1.29, 1.82) is 0 Å². The monoisotopic (exact) mass is 313 g/mol. The fraction of sp³-hybridized carbons (Fsp3) is 0.538. The third-order valence-corrected chi connectivity index (χ3v) is 4.67. The lowest BCUT2D eigenvalue weighted by molar-refractivity contribution is -0.121. The van der Waals surface area contributed by atoms with E-state index >= 15 is 0 Å². The number of carbonyl (C=O) groups excluding carboxylic acids is 1. The van der Waals surface area contributed by atoms with Crippen LogP contribution in [0.1, 0.15) is 18.3 Å². The maximum absolute atomic E-state index is 12.0. The Bertz CT molecular complexity index is 604.